The lowest BCUT2D eigenvalue weighted by molar-refractivity contribution is -0.0981. The molecule has 11 heteroatoms. The fraction of sp³-hybridized carbons (Fsp3) is 0.214. The van der Waals surface area contributed by atoms with Gasteiger partial charge in [0, 0.05) is 36.2 Å². The summed E-state index contributed by atoms with van der Waals surface area (Å²) in [6.07, 6.45) is 4.22. The molecule has 0 fully saturated rings. The van der Waals surface area contributed by atoms with Gasteiger partial charge in [0.25, 0.3) is 0 Å². The van der Waals surface area contributed by atoms with Crippen LogP contribution < -0.4 is 10.6 Å². The van der Waals surface area contributed by atoms with Crippen molar-refractivity contribution in [3.63, 3.8) is 0 Å². The highest BCUT2D eigenvalue weighted by atomic mass is 32.1. The third kappa shape index (κ3) is 6.01. The van der Waals surface area contributed by atoms with E-state index in [4.69, 9.17) is 17.0 Å². The Morgan fingerprint density at radius 1 is 1.26 bits per heavy atom. The van der Waals surface area contributed by atoms with E-state index in [1.54, 1.807) is 47.2 Å². The summed E-state index contributed by atoms with van der Waals surface area (Å²) in [6.45, 7) is 2.22. The van der Waals surface area contributed by atoms with Crippen LogP contribution in [0.25, 0.3) is 26.4 Å². The fourth-order valence-corrected chi connectivity index (χ4v) is 5.96. The van der Waals surface area contributed by atoms with E-state index >= 15 is 0 Å². The fourth-order valence-electron chi connectivity index (χ4n) is 4.62. The van der Waals surface area contributed by atoms with Crippen LogP contribution in [-0.4, -0.2) is 33.0 Å². The van der Waals surface area contributed by atoms with Crippen molar-refractivity contribution in [2.75, 3.05) is 11.9 Å². The molecule has 1 aliphatic rings. The average Bonchev–Trinajstić information content (AvgIpc) is 3.56. The molecule has 200 valence electrons. The number of pyridine rings is 2. The highest BCUT2D eigenvalue weighted by Crippen LogP contribution is 2.43. The number of fused-ring (bicyclic) bond motifs is 1. The van der Waals surface area contributed by atoms with Crippen LogP contribution in [0.5, 0.6) is 0 Å². The molecule has 1 aromatic carbocycles. The van der Waals surface area contributed by atoms with Gasteiger partial charge in [-0.2, -0.15) is 0 Å². The average molecular weight is 567 g/mol. The Morgan fingerprint density at radius 3 is 2.82 bits per heavy atom. The van der Waals surface area contributed by atoms with E-state index in [1.165, 1.54) is 6.07 Å². The van der Waals surface area contributed by atoms with E-state index in [2.05, 4.69) is 21.4 Å². The van der Waals surface area contributed by atoms with Crippen LogP contribution in [0.1, 0.15) is 48.7 Å². The maximum absolute atomic E-state index is 15.0. The van der Waals surface area contributed by atoms with E-state index in [0.29, 0.717) is 23.4 Å². The Bertz CT molecular complexity index is 1570. The minimum Gasteiger partial charge on any atom is -0.364 e. The summed E-state index contributed by atoms with van der Waals surface area (Å²) in [4.78, 5) is 20.5. The number of carbonyl (C=O) groups excluding carboxylic acids is 1. The summed E-state index contributed by atoms with van der Waals surface area (Å²) in [5.41, 5.74) is 5.27. The van der Waals surface area contributed by atoms with E-state index in [9.17, 15) is 18.7 Å². The number of amides is 1. The van der Waals surface area contributed by atoms with Crippen molar-refractivity contribution in [3.05, 3.63) is 83.4 Å². The Morgan fingerprint density at radius 2 is 2.10 bits per heavy atom. The van der Waals surface area contributed by atoms with Gasteiger partial charge in [-0.1, -0.05) is 18.2 Å². The van der Waals surface area contributed by atoms with Crippen molar-refractivity contribution in [3.8, 4) is 10.6 Å². The van der Waals surface area contributed by atoms with Gasteiger partial charge in [0.15, 0.2) is 11.4 Å². The molecule has 0 saturated carbocycles. The number of hydrogen-bond acceptors (Lipinski definition) is 7. The van der Waals surface area contributed by atoms with Crippen molar-refractivity contribution in [2.45, 2.75) is 32.0 Å². The molecule has 0 spiro atoms. The van der Waals surface area contributed by atoms with Crippen LogP contribution >= 0.6 is 23.6 Å². The first kappa shape index (κ1) is 26.9. The van der Waals surface area contributed by atoms with Crippen molar-refractivity contribution in [2.24, 2.45) is 0 Å². The van der Waals surface area contributed by atoms with E-state index in [-0.39, 0.29) is 11.0 Å². The Hall–Kier alpha value is -3.64. The second-order valence-corrected chi connectivity index (χ2v) is 10.4. The summed E-state index contributed by atoms with van der Waals surface area (Å²) in [7, 11) is 0. The molecule has 2 atom stereocenters. The summed E-state index contributed by atoms with van der Waals surface area (Å²) in [6, 6.07) is 12.2. The SMILES string of the molecule is CCOC(O)c1ccc(-c2cc3nccc(C4=CC(c5ccc(NC(=S)NC(=O)F)cc5F)CC4)c3s2)nc1. The van der Waals surface area contributed by atoms with Crippen LogP contribution in [0, 0.1) is 5.82 Å². The number of hydrogen-bond donors (Lipinski definition) is 3. The van der Waals surface area contributed by atoms with Gasteiger partial charge >= 0.3 is 6.16 Å². The van der Waals surface area contributed by atoms with Crippen LogP contribution in [0.3, 0.4) is 0 Å². The number of thiocarbonyl (C=S) groups is 1. The molecule has 0 bridgehead atoms. The maximum Gasteiger partial charge on any atom is 0.403 e. The van der Waals surface area contributed by atoms with E-state index in [1.807, 2.05) is 25.1 Å². The number of aliphatic hydroxyl groups is 1. The van der Waals surface area contributed by atoms with Gasteiger partial charge in [-0.15, -0.1) is 15.7 Å². The Labute approximate surface area is 232 Å². The van der Waals surface area contributed by atoms with Crippen molar-refractivity contribution < 1.29 is 23.4 Å². The number of ether oxygens (including phenoxy) is 1. The molecule has 1 amide bonds. The second kappa shape index (κ2) is 11.6. The highest BCUT2D eigenvalue weighted by Gasteiger charge is 2.23. The van der Waals surface area contributed by atoms with Crippen molar-refractivity contribution >= 4 is 56.3 Å². The summed E-state index contributed by atoms with van der Waals surface area (Å²) in [5, 5.41) is 14.2. The van der Waals surface area contributed by atoms with Crippen molar-refractivity contribution in [1.82, 2.24) is 15.3 Å². The third-order valence-corrected chi connectivity index (χ3v) is 7.79. The lowest BCUT2D eigenvalue weighted by Crippen LogP contribution is -2.30. The first-order valence-electron chi connectivity index (χ1n) is 12.2. The van der Waals surface area contributed by atoms with Gasteiger partial charge in [0.05, 0.1) is 20.8 Å². The predicted molar refractivity (Wildman–Crippen MR) is 152 cm³/mol. The predicted octanol–water partition coefficient (Wildman–Crippen LogP) is 6.86. The van der Waals surface area contributed by atoms with Gasteiger partial charge in [-0.25, -0.2) is 9.18 Å². The van der Waals surface area contributed by atoms with Gasteiger partial charge in [0.2, 0.25) is 0 Å². The molecule has 0 saturated heterocycles. The number of halogens is 2. The quantitative estimate of drug-likeness (QED) is 0.0973. The summed E-state index contributed by atoms with van der Waals surface area (Å²) in [5.74, 6) is -0.528. The van der Waals surface area contributed by atoms with Gasteiger partial charge in [0.1, 0.15) is 5.82 Å². The molecular weight excluding hydrogens is 542 g/mol. The Kier molecular flexibility index (Phi) is 8.03. The normalized spacial score (nSPS) is 15.7. The smallest absolute Gasteiger partial charge is 0.364 e. The Balaban J connectivity index is 1.37. The molecule has 1 aliphatic carbocycles. The molecule has 2 unspecified atom stereocenters. The largest absolute Gasteiger partial charge is 0.403 e. The molecule has 4 aromatic rings. The van der Waals surface area contributed by atoms with Crippen LogP contribution in [0.15, 0.2) is 60.9 Å². The van der Waals surface area contributed by atoms with Crippen LogP contribution in [0.2, 0.25) is 0 Å². The molecule has 0 radical (unpaired) electrons. The van der Waals surface area contributed by atoms with Crippen molar-refractivity contribution in [1.29, 1.82) is 0 Å². The number of aliphatic hydroxyl groups excluding tert-OH is 1. The monoisotopic (exact) mass is 566 g/mol. The van der Waals surface area contributed by atoms with Gasteiger partial charge in [-0.05, 0) is 79.0 Å². The number of carbonyl (C=O) groups is 1. The number of rotatable bonds is 7. The minimum absolute atomic E-state index is 0.111. The number of thiophene rings is 1. The maximum atomic E-state index is 15.0. The molecule has 0 aliphatic heterocycles. The number of benzene rings is 1. The molecule has 7 nitrogen and oxygen atoms in total. The van der Waals surface area contributed by atoms with Gasteiger partial charge < -0.3 is 15.2 Å². The minimum atomic E-state index is -1.79. The highest BCUT2D eigenvalue weighted by molar-refractivity contribution is 7.80. The van der Waals surface area contributed by atoms with Crippen LogP contribution in [-0.2, 0) is 4.74 Å². The zero-order valence-corrected chi connectivity index (χ0v) is 22.4. The second-order valence-electron chi connectivity index (χ2n) is 8.89. The number of nitrogens with one attached hydrogen (secondary N) is 2. The van der Waals surface area contributed by atoms with E-state index in [0.717, 1.165) is 44.8 Å². The molecule has 3 N–H and O–H groups in total. The molecule has 3 aromatic heterocycles. The number of anilines is 1. The number of nitrogens with zero attached hydrogens (tertiary/aromatic N) is 2. The molecule has 3 heterocycles. The van der Waals surface area contributed by atoms with Crippen LogP contribution in [0.4, 0.5) is 19.3 Å². The zero-order chi connectivity index (χ0) is 27.5. The topological polar surface area (TPSA) is 96.4 Å². The number of allylic oxidation sites excluding steroid dienone is 2. The lowest BCUT2D eigenvalue weighted by Gasteiger charge is -2.12. The zero-order valence-electron chi connectivity index (χ0n) is 20.8. The summed E-state index contributed by atoms with van der Waals surface area (Å²) >= 11 is 6.41. The van der Waals surface area contributed by atoms with Gasteiger partial charge in [-0.3, -0.25) is 15.3 Å². The lowest BCUT2D eigenvalue weighted by atomic mass is 9.98. The molecular formula is C28H24F2N4O3S2. The molecule has 5 rings (SSSR count). The first-order valence-corrected chi connectivity index (χ1v) is 13.5. The standard InChI is InChI=1S/C28H24F2N4O3S2/c1-2-37-26(35)17-5-8-22(32-14-17)24-13-23-25(39-24)20(9-10-31-23)16-4-3-15(11-16)19-7-6-18(12-21(19)29)33-28(38)34-27(30)36/h5-15,26,35H,2-4H2,1H3,(H2,33,34,36,38). The number of aromatic nitrogens is 2. The summed E-state index contributed by atoms with van der Waals surface area (Å²) < 4.78 is 33.7. The first-order chi connectivity index (χ1) is 18.8. The third-order valence-electron chi connectivity index (χ3n) is 6.40. The van der Waals surface area contributed by atoms with E-state index < -0.39 is 18.3 Å². The molecule has 39 heavy (non-hydrogen) atoms.